The summed E-state index contributed by atoms with van der Waals surface area (Å²) in [7, 11) is 0. The van der Waals surface area contributed by atoms with Crippen molar-refractivity contribution in [3.8, 4) is 0 Å². The molecule has 0 heterocycles. The van der Waals surface area contributed by atoms with Crippen molar-refractivity contribution in [2.24, 2.45) is 17.6 Å². The average Bonchev–Trinajstić information content (AvgIpc) is 3.22. The lowest BCUT2D eigenvalue weighted by Crippen LogP contribution is -2.33. The third-order valence-corrected chi connectivity index (χ3v) is 4.17. The van der Waals surface area contributed by atoms with E-state index in [9.17, 15) is 0 Å². The predicted molar refractivity (Wildman–Crippen MR) is 86.8 cm³/mol. The van der Waals surface area contributed by atoms with Crippen molar-refractivity contribution < 1.29 is 0 Å². The lowest BCUT2D eigenvalue weighted by molar-refractivity contribution is 0.260. The normalized spacial score (nSPS) is 16.9. The highest BCUT2D eigenvalue weighted by Crippen LogP contribution is 2.30. The first kappa shape index (κ1) is 15.5. The molecule has 0 radical (unpaired) electrons. The highest BCUT2D eigenvalue weighted by molar-refractivity contribution is 5.25. The van der Waals surface area contributed by atoms with Crippen LogP contribution in [0.5, 0.6) is 0 Å². The monoisotopic (exact) mass is 274 g/mol. The van der Waals surface area contributed by atoms with Gasteiger partial charge in [-0.2, -0.15) is 0 Å². The van der Waals surface area contributed by atoms with Crippen LogP contribution in [0.25, 0.3) is 0 Å². The van der Waals surface area contributed by atoms with E-state index < -0.39 is 0 Å². The lowest BCUT2D eigenvalue weighted by Gasteiger charge is -2.24. The van der Waals surface area contributed by atoms with Crippen LogP contribution in [0, 0.1) is 11.8 Å². The Hall–Kier alpha value is -0.860. The van der Waals surface area contributed by atoms with Crippen LogP contribution in [0.3, 0.4) is 0 Å². The van der Waals surface area contributed by atoms with E-state index in [-0.39, 0.29) is 6.04 Å². The summed E-state index contributed by atoms with van der Waals surface area (Å²) in [5, 5.41) is 0. The van der Waals surface area contributed by atoms with E-state index in [0.29, 0.717) is 5.92 Å². The Morgan fingerprint density at radius 2 is 1.85 bits per heavy atom. The summed E-state index contributed by atoms with van der Waals surface area (Å²) in [6.45, 7) is 10.1. The molecule has 2 heteroatoms. The van der Waals surface area contributed by atoms with Crippen molar-refractivity contribution >= 4 is 0 Å². The minimum atomic E-state index is 0.141. The standard InChI is InChI=1S/C18H30N2/c1-4-20(12-16-5-6-16)13-18(19)17-9-7-15(8-10-17)11-14(2)3/h7-10,14,16,18H,4-6,11-13,19H2,1-3H3. The lowest BCUT2D eigenvalue weighted by atomic mass is 9.99. The smallest absolute Gasteiger partial charge is 0.0424 e. The van der Waals surface area contributed by atoms with Gasteiger partial charge in [0, 0.05) is 19.1 Å². The Bertz CT molecular complexity index is 392. The molecule has 1 atom stereocenters. The average molecular weight is 274 g/mol. The molecule has 0 amide bonds. The molecule has 1 aliphatic rings. The van der Waals surface area contributed by atoms with Crippen LogP contribution >= 0.6 is 0 Å². The Kier molecular flexibility index (Phi) is 5.62. The highest BCUT2D eigenvalue weighted by Gasteiger charge is 2.24. The number of hydrogen-bond acceptors (Lipinski definition) is 2. The third kappa shape index (κ3) is 4.92. The van der Waals surface area contributed by atoms with Crippen LogP contribution < -0.4 is 5.73 Å². The van der Waals surface area contributed by atoms with Crippen LogP contribution in [0.2, 0.25) is 0 Å². The molecule has 0 spiro atoms. The van der Waals surface area contributed by atoms with Crippen LogP contribution in [0.4, 0.5) is 0 Å². The van der Waals surface area contributed by atoms with Crippen LogP contribution in [-0.2, 0) is 6.42 Å². The summed E-state index contributed by atoms with van der Waals surface area (Å²) < 4.78 is 0. The summed E-state index contributed by atoms with van der Waals surface area (Å²) >= 11 is 0. The third-order valence-electron chi connectivity index (χ3n) is 4.17. The second-order valence-corrected chi connectivity index (χ2v) is 6.74. The van der Waals surface area contributed by atoms with Gasteiger partial charge in [0.15, 0.2) is 0 Å². The summed E-state index contributed by atoms with van der Waals surface area (Å²) in [5.41, 5.74) is 9.07. The fourth-order valence-electron chi connectivity index (χ4n) is 2.75. The van der Waals surface area contributed by atoms with Crippen LogP contribution in [0.15, 0.2) is 24.3 Å². The number of nitrogens with zero attached hydrogens (tertiary/aromatic N) is 1. The Balaban J connectivity index is 1.88. The van der Waals surface area contributed by atoms with E-state index in [1.807, 2.05) is 0 Å². The molecule has 0 saturated heterocycles. The Labute approximate surface area is 124 Å². The van der Waals surface area contributed by atoms with E-state index in [1.165, 1.54) is 30.5 Å². The zero-order valence-corrected chi connectivity index (χ0v) is 13.3. The quantitative estimate of drug-likeness (QED) is 0.784. The topological polar surface area (TPSA) is 29.3 Å². The van der Waals surface area contributed by atoms with Crippen molar-refractivity contribution in [1.29, 1.82) is 0 Å². The molecule has 2 nitrogen and oxygen atoms in total. The SMILES string of the molecule is CCN(CC1CC1)CC(N)c1ccc(CC(C)C)cc1. The van der Waals surface area contributed by atoms with E-state index in [2.05, 4.69) is 49.9 Å². The van der Waals surface area contributed by atoms with E-state index >= 15 is 0 Å². The zero-order valence-electron chi connectivity index (χ0n) is 13.3. The molecule has 2 N–H and O–H groups in total. The minimum absolute atomic E-state index is 0.141. The summed E-state index contributed by atoms with van der Waals surface area (Å²) in [4.78, 5) is 2.50. The molecule has 112 valence electrons. The fourth-order valence-corrected chi connectivity index (χ4v) is 2.75. The molecule has 0 aromatic heterocycles. The van der Waals surface area contributed by atoms with Gasteiger partial charge in [-0.25, -0.2) is 0 Å². The molecule has 1 unspecified atom stereocenters. The Morgan fingerprint density at radius 3 is 2.35 bits per heavy atom. The molecule has 1 aromatic carbocycles. The molecular weight excluding hydrogens is 244 g/mol. The number of benzene rings is 1. The van der Waals surface area contributed by atoms with Gasteiger partial charge >= 0.3 is 0 Å². The molecule has 2 rings (SSSR count). The van der Waals surface area contributed by atoms with Crippen LogP contribution in [-0.4, -0.2) is 24.5 Å². The summed E-state index contributed by atoms with van der Waals surface area (Å²) in [6, 6.07) is 9.06. The summed E-state index contributed by atoms with van der Waals surface area (Å²) in [5.74, 6) is 1.65. The number of likely N-dealkylation sites (N-methyl/N-ethyl adjacent to an activating group) is 1. The van der Waals surface area contributed by atoms with Crippen molar-refractivity contribution in [2.45, 2.75) is 46.1 Å². The van der Waals surface area contributed by atoms with Gasteiger partial charge in [-0.3, -0.25) is 0 Å². The molecule has 1 saturated carbocycles. The molecule has 1 aliphatic carbocycles. The van der Waals surface area contributed by atoms with E-state index in [4.69, 9.17) is 5.73 Å². The molecule has 1 aromatic rings. The molecule has 1 fully saturated rings. The zero-order chi connectivity index (χ0) is 14.5. The number of hydrogen-bond donors (Lipinski definition) is 1. The van der Waals surface area contributed by atoms with Gasteiger partial charge in [0.05, 0.1) is 0 Å². The maximum Gasteiger partial charge on any atom is 0.0424 e. The van der Waals surface area contributed by atoms with Gasteiger partial charge in [-0.15, -0.1) is 0 Å². The van der Waals surface area contributed by atoms with E-state index in [1.54, 1.807) is 0 Å². The summed E-state index contributed by atoms with van der Waals surface area (Å²) in [6.07, 6.45) is 3.98. The highest BCUT2D eigenvalue weighted by atomic mass is 15.1. The van der Waals surface area contributed by atoms with Gasteiger partial charge in [-0.05, 0) is 48.8 Å². The van der Waals surface area contributed by atoms with Gasteiger partial charge in [-0.1, -0.05) is 45.0 Å². The van der Waals surface area contributed by atoms with Gasteiger partial charge in [0.25, 0.3) is 0 Å². The van der Waals surface area contributed by atoms with Gasteiger partial charge in [0.2, 0.25) is 0 Å². The predicted octanol–water partition coefficient (Wildman–Crippen LogP) is 3.62. The molecule has 0 aliphatic heterocycles. The van der Waals surface area contributed by atoms with Crippen molar-refractivity contribution in [3.05, 3.63) is 35.4 Å². The Morgan fingerprint density at radius 1 is 1.20 bits per heavy atom. The maximum atomic E-state index is 6.38. The maximum absolute atomic E-state index is 6.38. The molecule has 20 heavy (non-hydrogen) atoms. The fraction of sp³-hybridized carbons (Fsp3) is 0.667. The number of nitrogens with two attached hydrogens (primary N) is 1. The van der Waals surface area contributed by atoms with Crippen molar-refractivity contribution in [3.63, 3.8) is 0 Å². The largest absolute Gasteiger partial charge is 0.323 e. The first-order valence-electron chi connectivity index (χ1n) is 8.15. The second-order valence-electron chi connectivity index (χ2n) is 6.74. The van der Waals surface area contributed by atoms with E-state index in [0.717, 1.165) is 25.4 Å². The minimum Gasteiger partial charge on any atom is -0.323 e. The van der Waals surface area contributed by atoms with Gasteiger partial charge < -0.3 is 10.6 Å². The van der Waals surface area contributed by atoms with Crippen LogP contribution in [0.1, 0.15) is 50.8 Å². The number of rotatable bonds is 8. The van der Waals surface area contributed by atoms with Gasteiger partial charge in [0.1, 0.15) is 0 Å². The molecular formula is C18H30N2. The first-order chi connectivity index (χ1) is 9.58. The van der Waals surface area contributed by atoms with Crippen molar-refractivity contribution in [1.82, 2.24) is 4.90 Å². The second kappa shape index (κ2) is 7.24. The molecule has 0 bridgehead atoms. The van der Waals surface area contributed by atoms with Crippen molar-refractivity contribution in [2.75, 3.05) is 19.6 Å². The first-order valence-corrected chi connectivity index (χ1v) is 8.15.